The van der Waals surface area contributed by atoms with Gasteiger partial charge < -0.3 is 19.2 Å². The molecule has 0 radical (unpaired) electrons. The van der Waals surface area contributed by atoms with Gasteiger partial charge in [0.1, 0.15) is 10.8 Å². The Morgan fingerprint density at radius 1 is 1.21 bits per heavy atom. The maximum absolute atomic E-state index is 12.8. The third kappa shape index (κ3) is 5.34. The maximum Gasteiger partial charge on any atom is 0.309 e. The quantitative estimate of drug-likeness (QED) is 0.440. The molecule has 0 saturated carbocycles. The van der Waals surface area contributed by atoms with Gasteiger partial charge in [0.05, 0.1) is 31.9 Å². The molecule has 1 aromatic carbocycles. The van der Waals surface area contributed by atoms with Gasteiger partial charge in [-0.15, -0.1) is 11.3 Å². The number of hydrogen-bond acceptors (Lipinski definition) is 7. The van der Waals surface area contributed by atoms with Crippen LogP contribution in [0.4, 0.5) is 5.00 Å². The lowest BCUT2D eigenvalue weighted by Gasteiger charge is -2.37. The van der Waals surface area contributed by atoms with Crippen molar-refractivity contribution in [1.82, 2.24) is 4.90 Å². The number of amides is 1. The minimum Gasteiger partial charge on any atom is -0.497 e. The molecule has 1 aliphatic rings. The lowest BCUT2D eigenvalue weighted by atomic mass is 9.91. The number of esters is 1. The molecule has 7 nitrogen and oxygen atoms in total. The largest absolute Gasteiger partial charge is 0.497 e. The van der Waals surface area contributed by atoms with Gasteiger partial charge in [0, 0.05) is 10.4 Å². The van der Waals surface area contributed by atoms with Gasteiger partial charge in [-0.3, -0.25) is 14.5 Å². The van der Waals surface area contributed by atoms with E-state index < -0.39 is 0 Å². The van der Waals surface area contributed by atoms with Crippen LogP contribution < -0.4 is 10.1 Å². The van der Waals surface area contributed by atoms with Gasteiger partial charge in [-0.05, 0) is 75.7 Å². The lowest BCUT2D eigenvalue weighted by molar-refractivity contribution is -0.149. The van der Waals surface area contributed by atoms with Crippen molar-refractivity contribution in [3.8, 4) is 5.75 Å². The number of ether oxygens (including phenoxy) is 2. The highest BCUT2D eigenvalue weighted by Gasteiger charge is 2.33. The summed E-state index contributed by atoms with van der Waals surface area (Å²) in [6.45, 7) is 5.78. The molecule has 1 N–H and O–H groups in total. The number of hydrogen-bond donors (Lipinski definition) is 1. The van der Waals surface area contributed by atoms with Gasteiger partial charge in [0.15, 0.2) is 5.76 Å². The van der Waals surface area contributed by atoms with Gasteiger partial charge in [-0.2, -0.15) is 0 Å². The number of thiophene rings is 1. The van der Waals surface area contributed by atoms with Gasteiger partial charge >= 0.3 is 5.97 Å². The second-order valence-electron chi connectivity index (χ2n) is 8.31. The molecule has 4 rings (SSSR count). The third-order valence-electron chi connectivity index (χ3n) is 6.10. The number of piperidine rings is 1. The summed E-state index contributed by atoms with van der Waals surface area (Å²) in [5, 5.41) is 3.85. The van der Waals surface area contributed by atoms with Crippen LogP contribution in [0.25, 0.3) is 0 Å². The Kier molecular flexibility index (Phi) is 7.70. The number of rotatable bonds is 8. The second-order valence-corrected chi connectivity index (χ2v) is 9.57. The molecule has 1 aliphatic heterocycles. The number of furan rings is 1. The van der Waals surface area contributed by atoms with Crippen LogP contribution in [0.3, 0.4) is 0 Å². The van der Waals surface area contributed by atoms with E-state index in [-0.39, 0.29) is 29.6 Å². The van der Waals surface area contributed by atoms with E-state index in [1.165, 1.54) is 6.26 Å². The second kappa shape index (κ2) is 10.9. The highest BCUT2D eigenvalue weighted by molar-refractivity contribution is 7.16. The fourth-order valence-corrected chi connectivity index (χ4v) is 5.37. The molecule has 8 heteroatoms. The Balaban J connectivity index is 1.64. The summed E-state index contributed by atoms with van der Waals surface area (Å²) in [7, 11) is 1.65. The summed E-state index contributed by atoms with van der Waals surface area (Å²) in [6.07, 6.45) is 2.97. The van der Waals surface area contributed by atoms with E-state index in [4.69, 9.17) is 13.9 Å². The Morgan fingerprint density at radius 3 is 2.56 bits per heavy atom. The topological polar surface area (TPSA) is 81.0 Å². The van der Waals surface area contributed by atoms with Gasteiger partial charge in [0.25, 0.3) is 5.91 Å². The van der Waals surface area contributed by atoms with Crippen molar-refractivity contribution in [2.24, 2.45) is 5.92 Å². The molecular formula is C26H30N2O5S. The molecule has 1 atom stereocenters. The van der Waals surface area contributed by atoms with Crippen LogP contribution >= 0.6 is 11.3 Å². The van der Waals surface area contributed by atoms with Gasteiger partial charge in [-0.1, -0.05) is 12.1 Å². The normalized spacial score (nSPS) is 15.6. The first-order valence-corrected chi connectivity index (χ1v) is 12.3. The summed E-state index contributed by atoms with van der Waals surface area (Å²) in [5.41, 5.74) is 2.13. The van der Waals surface area contributed by atoms with Crippen molar-refractivity contribution >= 4 is 28.2 Å². The average Bonchev–Trinajstić information content (AvgIpc) is 3.51. The number of benzene rings is 1. The van der Waals surface area contributed by atoms with Crippen molar-refractivity contribution in [3.05, 3.63) is 70.5 Å². The summed E-state index contributed by atoms with van der Waals surface area (Å²) in [5.74, 6) is 0.600. The number of carbonyl (C=O) groups excluding carboxylic acids is 2. The van der Waals surface area contributed by atoms with Crippen LogP contribution in [0.5, 0.6) is 5.75 Å². The smallest absolute Gasteiger partial charge is 0.309 e. The Morgan fingerprint density at radius 2 is 1.94 bits per heavy atom. The molecule has 3 aromatic rings. The molecule has 0 bridgehead atoms. The summed E-state index contributed by atoms with van der Waals surface area (Å²) in [4.78, 5) is 28.5. The van der Waals surface area contributed by atoms with E-state index >= 15 is 0 Å². The fourth-order valence-electron chi connectivity index (χ4n) is 4.43. The van der Waals surface area contributed by atoms with Crippen molar-refractivity contribution in [1.29, 1.82) is 0 Å². The minimum atomic E-state index is -0.275. The average molecular weight is 483 g/mol. The molecule has 34 heavy (non-hydrogen) atoms. The van der Waals surface area contributed by atoms with Crippen molar-refractivity contribution in [3.63, 3.8) is 0 Å². The first-order chi connectivity index (χ1) is 16.5. The monoisotopic (exact) mass is 482 g/mol. The summed E-state index contributed by atoms with van der Waals surface area (Å²) < 4.78 is 15.9. The first kappa shape index (κ1) is 24.0. The fraction of sp³-hybridized carbons (Fsp3) is 0.385. The first-order valence-electron chi connectivity index (χ1n) is 11.5. The number of anilines is 1. The van der Waals surface area contributed by atoms with Crippen LogP contribution in [0.1, 0.15) is 52.4 Å². The van der Waals surface area contributed by atoms with E-state index in [9.17, 15) is 9.59 Å². The van der Waals surface area contributed by atoms with E-state index in [2.05, 4.69) is 28.4 Å². The Bertz CT molecular complexity index is 1100. The Labute approximate surface area is 203 Å². The van der Waals surface area contributed by atoms with E-state index in [0.29, 0.717) is 6.61 Å². The SMILES string of the molecule is CCOC(=O)C1CCN([C@H](c2ccc(OC)cc2)c2cc(C)sc2NC(=O)c2ccco2)CC1. The number of methoxy groups -OCH3 is 1. The number of nitrogens with zero attached hydrogens (tertiary/aromatic N) is 1. The standard InChI is InChI=1S/C26H30N2O5S/c1-4-32-26(30)19-11-13-28(14-12-19)23(18-7-9-20(31-3)10-8-18)21-16-17(2)34-25(21)27-24(29)22-6-5-15-33-22/h5-10,15-16,19,23H,4,11-14H2,1-3H3,(H,27,29)/t23-/m1/s1. The summed E-state index contributed by atoms with van der Waals surface area (Å²) in [6, 6.07) is 13.4. The van der Waals surface area contributed by atoms with Crippen LogP contribution in [-0.4, -0.2) is 43.6 Å². The summed E-state index contributed by atoms with van der Waals surface area (Å²) >= 11 is 1.55. The molecule has 3 heterocycles. The van der Waals surface area contributed by atoms with Crippen LogP contribution in [0.2, 0.25) is 0 Å². The number of carbonyl (C=O) groups is 2. The van der Waals surface area contributed by atoms with E-state index in [0.717, 1.165) is 52.7 Å². The van der Waals surface area contributed by atoms with Gasteiger partial charge in [0.2, 0.25) is 0 Å². The van der Waals surface area contributed by atoms with Crippen LogP contribution in [0.15, 0.2) is 53.1 Å². The highest BCUT2D eigenvalue weighted by Crippen LogP contribution is 2.41. The van der Waals surface area contributed by atoms with Gasteiger partial charge in [-0.25, -0.2) is 0 Å². The molecule has 1 saturated heterocycles. The predicted octanol–water partition coefficient (Wildman–Crippen LogP) is 5.27. The predicted molar refractivity (Wildman–Crippen MR) is 131 cm³/mol. The molecule has 180 valence electrons. The molecule has 0 unspecified atom stereocenters. The maximum atomic E-state index is 12.8. The van der Waals surface area contributed by atoms with Crippen molar-refractivity contribution in [2.75, 3.05) is 32.1 Å². The Hall–Kier alpha value is -3.10. The highest BCUT2D eigenvalue weighted by atomic mass is 32.1. The zero-order valence-electron chi connectivity index (χ0n) is 19.7. The molecule has 2 aromatic heterocycles. The van der Waals surface area contributed by atoms with Crippen LogP contribution in [0, 0.1) is 12.8 Å². The number of likely N-dealkylation sites (tertiary alicyclic amines) is 1. The number of nitrogens with one attached hydrogen (secondary N) is 1. The molecule has 0 spiro atoms. The van der Waals surface area contributed by atoms with E-state index in [1.807, 2.05) is 26.0 Å². The lowest BCUT2D eigenvalue weighted by Crippen LogP contribution is -2.39. The zero-order valence-corrected chi connectivity index (χ0v) is 20.5. The van der Waals surface area contributed by atoms with Crippen LogP contribution in [-0.2, 0) is 9.53 Å². The van der Waals surface area contributed by atoms with Crippen molar-refractivity contribution in [2.45, 2.75) is 32.7 Å². The van der Waals surface area contributed by atoms with Crippen molar-refractivity contribution < 1.29 is 23.5 Å². The minimum absolute atomic E-state index is 0.0740. The molecular weight excluding hydrogens is 452 g/mol. The zero-order chi connectivity index (χ0) is 24.1. The third-order valence-corrected chi connectivity index (χ3v) is 7.08. The molecule has 0 aliphatic carbocycles. The molecule has 1 amide bonds. The molecule has 1 fully saturated rings. The van der Waals surface area contributed by atoms with E-state index in [1.54, 1.807) is 30.6 Å². The number of aryl methyl sites for hydroxylation is 1.